The van der Waals surface area contributed by atoms with E-state index in [1.165, 1.54) is 0 Å². The number of esters is 1. The molecule has 4 nitrogen and oxygen atoms in total. The van der Waals surface area contributed by atoms with Crippen molar-refractivity contribution in [2.75, 3.05) is 13.2 Å². The molecule has 0 aromatic rings. The van der Waals surface area contributed by atoms with Gasteiger partial charge in [-0.2, -0.15) is 0 Å². The van der Waals surface area contributed by atoms with E-state index in [2.05, 4.69) is 21.8 Å². The van der Waals surface area contributed by atoms with E-state index in [0.29, 0.717) is 6.61 Å². The molecule has 4 N–H and O–H groups in total. The Balaban J connectivity index is 0. The topological polar surface area (TPSA) is 78.3 Å². The SMILES string of the molecule is CCOC(=O)CN.NCl. The predicted molar refractivity (Wildman–Crippen MR) is 35.7 cm³/mol. The Morgan fingerprint density at radius 3 is 2.22 bits per heavy atom. The van der Waals surface area contributed by atoms with E-state index in [1.807, 2.05) is 0 Å². The zero-order valence-electron chi connectivity index (χ0n) is 5.26. The van der Waals surface area contributed by atoms with Crippen LogP contribution in [0.3, 0.4) is 0 Å². The van der Waals surface area contributed by atoms with Crippen molar-refractivity contribution in [3.8, 4) is 0 Å². The number of hydrogen-bond acceptors (Lipinski definition) is 4. The molecule has 9 heavy (non-hydrogen) atoms. The lowest BCUT2D eigenvalue weighted by atomic mass is 10.7. The first-order chi connectivity index (χ1) is 4.31. The van der Waals surface area contributed by atoms with Crippen molar-refractivity contribution in [3.63, 3.8) is 0 Å². The van der Waals surface area contributed by atoms with Gasteiger partial charge >= 0.3 is 5.97 Å². The van der Waals surface area contributed by atoms with Gasteiger partial charge in [0.25, 0.3) is 0 Å². The van der Waals surface area contributed by atoms with E-state index in [4.69, 9.17) is 5.73 Å². The average Bonchev–Trinajstić information content (AvgIpc) is 1.93. The van der Waals surface area contributed by atoms with Gasteiger partial charge in [0.05, 0.1) is 13.2 Å². The second-order valence-corrected chi connectivity index (χ2v) is 1.01. The van der Waals surface area contributed by atoms with Crippen molar-refractivity contribution in [1.29, 1.82) is 0 Å². The van der Waals surface area contributed by atoms with Gasteiger partial charge in [0.1, 0.15) is 0 Å². The molecule has 0 unspecified atom stereocenters. The summed E-state index contributed by atoms with van der Waals surface area (Å²) in [5.74, 6) is -0.345. The molecular weight excluding hydrogens is 144 g/mol. The standard InChI is InChI=1S/C4H9NO2.ClH2N/c1-2-7-4(6)3-5;1-2/h2-3,5H2,1H3;2H2. The molecule has 0 bridgehead atoms. The molecule has 0 atom stereocenters. The number of rotatable bonds is 2. The van der Waals surface area contributed by atoms with Crippen LogP contribution in [0.5, 0.6) is 0 Å². The summed E-state index contributed by atoms with van der Waals surface area (Å²) in [6.07, 6.45) is 0. The highest BCUT2D eigenvalue weighted by Crippen LogP contribution is 1.69. The van der Waals surface area contributed by atoms with Crippen molar-refractivity contribution in [2.24, 2.45) is 11.0 Å². The summed E-state index contributed by atoms with van der Waals surface area (Å²) in [5, 5.41) is 3.97. The molecule has 0 aromatic carbocycles. The third kappa shape index (κ3) is 11.3. The lowest BCUT2D eigenvalue weighted by Gasteiger charge is -1.93. The maximum atomic E-state index is 10.1. The first kappa shape index (κ1) is 11.5. The summed E-state index contributed by atoms with van der Waals surface area (Å²) in [4.78, 5) is 10.1. The monoisotopic (exact) mass is 154 g/mol. The average molecular weight is 155 g/mol. The second-order valence-electron chi connectivity index (χ2n) is 1.01. The molecule has 0 amide bonds. The fraction of sp³-hybridized carbons (Fsp3) is 0.750. The summed E-state index contributed by atoms with van der Waals surface area (Å²) in [7, 11) is 0. The van der Waals surface area contributed by atoms with Crippen LogP contribution in [0.25, 0.3) is 0 Å². The second kappa shape index (κ2) is 10.6. The number of ether oxygens (including phenoxy) is 1. The van der Waals surface area contributed by atoms with Crippen LogP contribution >= 0.6 is 11.8 Å². The lowest BCUT2D eigenvalue weighted by Crippen LogP contribution is -2.16. The fourth-order valence-electron chi connectivity index (χ4n) is 0.220. The molecule has 0 fully saturated rings. The van der Waals surface area contributed by atoms with Gasteiger partial charge in [0.15, 0.2) is 0 Å². The Morgan fingerprint density at radius 2 is 2.11 bits per heavy atom. The molecule has 0 aliphatic rings. The number of hydrogen-bond donors (Lipinski definition) is 2. The molecule has 0 saturated carbocycles. The first-order valence-corrected chi connectivity index (χ1v) is 2.82. The van der Waals surface area contributed by atoms with E-state index < -0.39 is 0 Å². The quantitative estimate of drug-likeness (QED) is 0.419. The van der Waals surface area contributed by atoms with E-state index in [9.17, 15) is 4.79 Å². The number of halogens is 1. The van der Waals surface area contributed by atoms with Crippen LogP contribution in [0.15, 0.2) is 0 Å². The minimum Gasteiger partial charge on any atom is -0.465 e. The van der Waals surface area contributed by atoms with Gasteiger partial charge < -0.3 is 10.5 Å². The van der Waals surface area contributed by atoms with Gasteiger partial charge in [-0.3, -0.25) is 4.79 Å². The van der Waals surface area contributed by atoms with Crippen LogP contribution < -0.4 is 11.0 Å². The number of nitrogens with two attached hydrogens (primary N) is 2. The third-order valence-corrected chi connectivity index (χ3v) is 0.472. The largest absolute Gasteiger partial charge is 0.465 e. The predicted octanol–water partition coefficient (Wildman–Crippen LogP) is -0.393. The van der Waals surface area contributed by atoms with Gasteiger partial charge in [0.2, 0.25) is 0 Å². The Labute approximate surface area is 59.2 Å². The molecule has 5 heteroatoms. The number of carbonyl (C=O) groups is 1. The molecule has 56 valence electrons. The van der Waals surface area contributed by atoms with Crippen molar-refractivity contribution >= 4 is 17.7 Å². The van der Waals surface area contributed by atoms with E-state index in [0.717, 1.165) is 0 Å². The van der Waals surface area contributed by atoms with Gasteiger partial charge in [-0.05, 0) is 18.7 Å². The highest BCUT2D eigenvalue weighted by molar-refractivity contribution is 6.11. The van der Waals surface area contributed by atoms with Crippen LogP contribution in [-0.2, 0) is 9.53 Å². The van der Waals surface area contributed by atoms with Crippen molar-refractivity contribution in [3.05, 3.63) is 0 Å². The Morgan fingerprint density at radius 1 is 1.67 bits per heavy atom. The minimum absolute atomic E-state index is 0.0200. The molecular formula is C4H11ClN2O2. The van der Waals surface area contributed by atoms with Gasteiger partial charge in [-0.1, -0.05) is 0 Å². The smallest absolute Gasteiger partial charge is 0.319 e. The van der Waals surface area contributed by atoms with Crippen LogP contribution in [0.1, 0.15) is 6.92 Å². The lowest BCUT2D eigenvalue weighted by molar-refractivity contribution is -0.141. The van der Waals surface area contributed by atoms with Crippen LogP contribution in [0.2, 0.25) is 0 Å². The maximum absolute atomic E-state index is 10.1. The molecule has 0 aromatic heterocycles. The van der Waals surface area contributed by atoms with Crippen molar-refractivity contribution in [2.45, 2.75) is 6.92 Å². The van der Waals surface area contributed by atoms with E-state index in [-0.39, 0.29) is 12.5 Å². The first-order valence-electron chi connectivity index (χ1n) is 2.38. The van der Waals surface area contributed by atoms with Crippen molar-refractivity contribution < 1.29 is 9.53 Å². The zero-order valence-corrected chi connectivity index (χ0v) is 6.02. The van der Waals surface area contributed by atoms with E-state index >= 15 is 0 Å². The summed E-state index contributed by atoms with van der Waals surface area (Å²) in [6.45, 7) is 2.14. The zero-order chi connectivity index (χ0) is 7.70. The maximum Gasteiger partial charge on any atom is 0.319 e. The van der Waals surface area contributed by atoms with Gasteiger partial charge in [-0.15, -0.1) is 0 Å². The Kier molecular flexibility index (Phi) is 13.5. The Hall–Kier alpha value is -0.320. The normalized spacial score (nSPS) is 7.11. The Bertz CT molecular complexity index is 69.6. The van der Waals surface area contributed by atoms with Gasteiger partial charge in [0, 0.05) is 0 Å². The number of carbonyl (C=O) groups excluding carboxylic acids is 1. The highest BCUT2D eigenvalue weighted by atomic mass is 35.5. The molecule has 0 radical (unpaired) electrons. The van der Waals surface area contributed by atoms with Gasteiger partial charge in [-0.25, -0.2) is 5.25 Å². The highest BCUT2D eigenvalue weighted by Gasteiger charge is 1.91. The molecule has 0 aliphatic carbocycles. The molecule has 0 heterocycles. The summed E-state index contributed by atoms with van der Waals surface area (Å²) in [6, 6.07) is 0. The minimum atomic E-state index is -0.345. The molecule has 0 spiro atoms. The molecule has 0 rings (SSSR count). The summed E-state index contributed by atoms with van der Waals surface area (Å²) in [5.41, 5.74) is 4.88. The van der Waals surface area contributed by atoms with Crippen LogP contribution in [0, 0.1) is 0 Å². The summed E-state index contributed by atoms with van der Waals surface area (Å²) < 4.78 is 4.43. The third-order valence-electron chi connectivity index (χ3n) is 0.472. The molecule has 0 saturated heterocycles. The van der Waals surface area contributed by atoms with Crippen LogP contribution in [0.4, 0.5) is 0 Å². The molecule has 0 aliphatic heterocycles. The fourth-order valence-corrected chi connectivity index (χ4v) is 0.220. The van der Waals surface area contributed by atoms with E-state index in [1.54, 1.807) is 6.92 Å². The summed E-state index contributed by atoms with van der Waals surface area (Å²) >= 11 is 4.14. The van der Waals surface area contributed by atoms with Crippen molar-refractivity contribution in [1.82, 2.24) is 0 Å². The van der Waals surface area contributed by atoms with Crippen LogP contribution in [-0.4, -0.2) is 19.1 Å².